The Morgan fingerprint density at radius 2 is 2.11 bits per heavy atom. The van der Waals surface area contributed by atoms with Gasteiger partial charge >= 0.3 is 0 Å². The van der Waals surface area contributed by atoms with E-state index in [1.807, 2.05) is 39.0 Å². The van der Waals surface area contributed by atoms with Crippen LogP contribution in [0.3, 0.4) is 0 Å². The summed E-state index contributed by atoms with van der Waals surface area (Å²) in [5.41, 5.74) is 6.81. The summed E-state index contributed by atoms with van der Waals surface area (Å²) < 4.78 is 5.23. The number of ether oxygens (including phenoxy) is 1. The molecule has 0 saturated carbocycles. The van der Waals surface area contributed by atoms with Crippen LogP contribution in [0.1, 0.15) is 25.8 Å². The van der Waals surface area contributed by atoms with E-state index >= 15 is 0 Å². The Labute approximate surface area is 109 Å². The number of hydrogen-bond acceptors (Lipinski definition) is 3. The van der Waals surface area contributed by atoms with Crippen molar-refractivity contribution < 1.29 is 9.53 Å². The molecule has 0 aliphatic carbocycles. The number of methoxy groups -OCH3 is 1. The maximum atomic E-state index is 12.2. The molecule has 0 saturated heterocycles. The predicted octanol–water partition coefficient (Wildman–Crippen LogP) is 2.32. The Morgan fingerprint density at radius 3 is 2.67 bits per heavy atom. The first-order valence-electron chi connectivity index (χ1n) is 6.07. The number of anilines is 1. The average Bonchev–Trinajstić information content (AvgIpc) is 2.29. The number of nitrogens with one attached hydrogen (secondary N) is 1. The first-order chi connectivity index (χ1) is 8.40. The fourth-order valence-electron chi connectivity index (χ4n) is 1.69. The zero-order valence-corrected chi connectivity index (χ0v) is 11.5. The normalized spacial score (nSPS) is 11.2. The molecule has 0 aliphatic heterocycles. The Hall–Kier alpha value is -1.55. The third-order valence-corrected chi connectivity index (χ3v) is 2.99. The summed E-state index contributed by atoms with van der Waals surface area (Å²) in [6.07, 6.45) is 0.646. The number of hydrogen-bond donors (Lipinski definition) is 2. The van der Waals surface area contributed by atoms with Gasteiger partial charge in [-0.3, -0.25) is 4.79 Å². The van der Waals surface area contributed by atoms with Crippen molar-refractivity contribution in [3.05, 3.63) is 23.8 Å². The van der Waals surface area contributed by atoms with Gasteiger partial charge in [0.05, 0.1) is 12.8 Å². The van der Waals surface area contributed by atoms with E-state index in [0.29, 0.717) is 24.4 Å². The van der Waals surface area contributed by atoms with Gasteiger partial charge in [0.2, 0.25) is 5.91 Å². The van der Waals surface area contributed by atoms with Gasteiger partial charge in [0.25, 0.3) is 0 Å². The summed E-state index contributed by atoms with van der Waals surface area (Å²) in [7, 11) is 1.59. The van der Waals surface area contributed by atoms with Crippen molar-refractivity contribution in [2.45, 2.75) is 27.2 Å². The lowest BCUT2D eigenvalue weighted by Gasteiger charge is -2.23. The van der Waals surface area contributed by atoms with Crippen molar-refractivity contribution >= 4 is 11.6 Å². The highest BCUT2D eigenvalue weighted by atomic mass is 16.5. The van der Waals surface area contributed by atoms with Crippen molar-refractivity contribution in [2.75, 3.05) is 19.0 Å². The second-order valence-electron chi connectivity index (χ2n) is 5.08. The van der Waals surface area contributed by atoms with Gasteiger partial charge in [0.1, 0.15) is 5.75 Å². The van der Waals surface area contributed by atoms with Gasteiger partial charge in [-0.15, -0.1) is 0 Å². The lowest BCUT2D eigenvalue weighted by Crippen LogP contribution is -2.32. The summed E-state index contributed by atoms with van der Waals surface area (Å²) in [5.74, 6) is 0.620. The predicted molar refractivity (Wildman–Crippen MR) is 73.8 cm³/mol. The number of carbonyl (C=O) groups is 1. The Balaban J connectivity index is 2.90. The van der Waals surface area contributed by atoms with Crippen LogP contribution >= 0.6 is 0 Å². The molecule has 4 heteroatoms. The van der Waals surface area contributed by atoms with Crippen molar-refractivity contribution in [2.24, 2.45) is 11.1 Å². The number of carbonyl (C=O) groups excluding carboxylic acids is 1. The van der Waals surface area contributed by atoms with E-state index < -0.39 is 5.41 Å². The van der Waals surface area contributed by atoms with E-state index in [1.165, 1.54) is 0 Å². The lowest BCUT2D eigenvalue weighted by atomic mass is 9.88. The summed E-state index contributed by atoms with van der Waals surface area (Å²) >= 11 is 0. The smallest absolute Gasteiger partial charge is 0.230 e. The molecule has 0 aromatic heterocycles. The van der Waals surface area contributed by atoms with Crippen LogP contribution in [0.15, 0.2) is 18.2 Å². The lowest BCUT2D eigenvalue weighted by molar-refractivity contribution is -0.124. The number of rotatable bonds is 5. The van der Waals surface area contributed by atoms with Gasteiger partial charge in [0.15, 0.2) is 0 Å². The Bertz CT molecular complexity index is 428. The molecule has 1 rings (SSSR count). The minimum Gasteiger partial charge on any atom is -0.495 e. The van der Waals surface area contributed by atoms with Crippen molar-refractivity contribution in [1.29, 1.82) is 0 Å². The molecule has 0 fully saturated rings. The number of amides is 1. The van der Waals surface area contributed by atoms with Crippen molar-refractivity contribution in [3.63, 3.8) is 0 Å². The van der Waals surface area contributed by atoms with Crippen LogP contribution < -0.4 is 15.8 Å². The molecule has 0 unspecified atom stereocenters. The summed E-state index contributed by atoms with van der Waals surface area (Å²) in [6, 6.07) is 5.69. The molecule has 0 bridgehead atoms. The van der Waals surface area contributed by atoms with Crippen LogP contribution in [0.5, 0.6) is 5.75 Å². The monoisotopic (exact) mass is 250 g/mol. The highest BCUT2D eigenvalue weighted by Gasteiger charge is 2.27. The molecule has 100 valence electrons. The standard InChI is InChI=1S/C14H22N2O2/c1-10-5-6-12(18-4)11(9-10)16-13(17)14(2,3)7-8-15/h5-6,9H,7-8,15H2,1-4H3,(H,16,17). The second kappa shape index (κ2) is 5.87. The SMILES string of the molecule is COc1ccc(C)cc1NC(=O)C(C)(C)CCN. The molecule has 0 radical (unpaired) electrons. The minimum absolute atomic E-state index is 0.0446. The molecule has 18 heavy (non-hydrogen) atoms. The summed E-state index contributed by atoms with van der Waals surface area (Å²) in [5, 5.41) is 2.91. The van der Waals surface area contributed by atoms with Crippen LogP contribution in [0, 0.1) is 12.3 Å². The van der Waals surface area contributed by atoms with E-state index in [9.17, 15) is 4.79 Å². The van der Waals surface area contributed by atoms with E-state index in [2.05, 4.69) is 5.32 Å². The molecule has 0 spiro atoms. The largest absolute Gasteiger partial charge is 0.495 e. The van der Waals surface area contributed by atoms with Gasteiger partial charge in [-0.2, -0.15) is 0 Å². The van der Waals surface area contributed by atoms with Gasteiger partial charge in [-0.25, -0.2) is 0 Å². The maximum absolute atomic E-state index is 12.2. The van der Waals surface area contributed by atoms with Gasteiger partial charge in [-0.05, 0) is 37.6 Å². The van der Waals surface area contributed by atoms with Crippen LogP contribution in [0.25, 0.3) is 0 Å². The average molecular weight is 250 g/mol. The molecule has 0 heterocycles. The third kappa shape index (κ3) is 3.47. The Morgan fingerprint density at radius 1 is 1.44 bits per heavy atom. The number of aryl methyl sites for hydroxylation is 1. The van der Waals surface area contributed by atoms with E-state index in [1.54, 1.807) is 7.11 Å². The van der Waals surface area contributed by atoms with Crippen LogP contribution in [0.2, 0.25) is 0 Å². The van der Waals surface area contributed by atoms with E-state index in [0.717, 1.165) is 5.56 Å². The van der Waals surface area contributed by atoms with Crippen molar-refractivity contribution in [3.8, 4) is 5.75 Å². The minimum atomic E-state index is -0.483. The maximum Gasteiger partial charge on any atom is 0.230 e. The fourth-order valence-corrected chi connectivity index (χ4v) is 1.69. The van der Waals surface area contributed by atoms with E-state index in [4.69, 9.17) is 10.5 Å². The van der Waals surface area contributed by atoms with Crippen LogP contribution in [-0.2, 0) is 4.79 Å². The van der Waals surface area contributed by atoms with Crippen LogP contribution in [0.4, 0.5) is 5.69 Å². The van der Waals surface area contributed by atoms with E-state index in [-0.39, 0.29) is 5.91 Å². The second-order valence-corrected chi connectivity index (χ2v) is 5.08. The highest BCUT2D eigenvalue weighted by Crippen LogP contribution is 2.28. The molecule has 1 amide bonds. The first kappa shape index (κ1) is 14.5. The summed E-state index contributed by atoms with van der Waals surface area (Å²) in [6.45, 7) is 6.24. The molecule has 1 aromatic rings. The number of benzene rings is 1. The number of nitrogens with two attached hydrogens (primary N) is 1. The van der Waals surface area contributed by atoms with Gasteiger partial charge < -0.3 is 15.8 Å². The molecule has 3 N–H and O–H groups in total. The fraction of sp³-hybridized carbons (Fsp3) is 0.500. The van der Waals surface area contributed by atoms with Gasteiger partial charge in [-0.1, -0.05) is 19.9 Å². The molecule has 4 nitrogen and oxygen atoms in total. The molecular formula is C14H22N2O2. The zero-order valence-electron chi connectivity index (χ0n) is 11.5. The quantitative estimate of drug-likeness (QED) is 0.843. The molecule has 0 aliphatic rings. The Kier molecular flexibility index (Phi) is 4.73. The highest BCUT2D eigenvalue weighted by molar-refractivity contribution is 5.96. The van der Waals surface area contributed by atoms with Crippen molar-refractivity contribution in [1.82, 2.24) is 0 Å². The third-order valence-electron chi connectivity index (χ3n) is 2.99. The topological polar surface area (TPSA) is 64.3 Å². The molecular weight excluding hydrogens is 228 g/mol. The zero-order chi connectivity index (χ0) is 13.8. The molecule has 0 atom stereocenters. The molecule has 1 aromatic carbocycles. The van der Waals surface area contributed by atoms with Gasteiger partial charge in [0, 0.05) is 5.41 Å². The van der Waals surface area contributed by atoms with Crippen LogP contribution in [-0.4, -0.2) is 19.6 Å². The first-order valence-corrected chi connectivity index (χ1v) is 6.07. The summed E-state index contributed by atoms with van der Waals surface area (Å²) in [4.78, 5) is 12.2.